The summed E-state index contributed by atoms with van der Waals surface area (Å²) in [6, 6.07) is 0. The molecule has 1 saturated heterocycles. The second-order valence-electron chi connectivity index (χ2n) is 4.09. The van der Waals surface area contributed by atoms with Crippen molar-refractivity contribution in [2.45, 2.75) is 12.8 Å². The summed E-state index contributed by atoms with van der Waals surface area (Å²) in [6.45, 7) is 5.36. The molecule has 3 nitrogen and oxygen atoms in total. The number of rotatable bonds is 6. The Labute approximate surface area is 81.4 Å². The van der Waals surface area contributed by atoms with E-state index in [1.54, 1.807) is 0 Å². The van der Waals surface area contributed by atoms with E-state index < -0.39 is 0 Å². The minimum Gasteiger partial charge on any atom is -0.381 e. The molecule has 0 amide bonds. The second-order valence-corrected chi connectivity index (χ2v) is 4.09. The van der Waals surface area contributed by atoms with Crippen LogP contribution in [0.5, 0.6) is 0 Å². The molecule has 1 atom stereocenters. The molecule has 78 valence electrons. The molecule has 0 aliphatic carbocycles. The fourth-order valence-electron chi connectivity index (χ4n) is 1.57. The summed E-state index contributed by atoms with van der Waals surface area (Å²) in [4.78, 5) is 2.22. The highest BCUT2D eigenvalue weighted by molar-refractivity contribution is 4.66. The first-order chi connectivity index (χ1) is 6.29. The third-order valence-corrected chi connectivity index (χ3v) is 2.42. The van der Waals surface area contributed by atoms with Crippen LogP contribution in [0.1, 0.15) is 12.8 Å². The van der Waals surface area contributed by atoms with Gasteiger partial charge in [-0.2, -0.15) is 0 Å². The molecule has 1 N–H and O–H groups in total. The lowest BCUT2D eigenvalue weighted by molar-refractivity contribution is 0.185. The van der Waals surface area contributed by atoms with Crippen molar-refractivity contribution in [2.75, 3.05) is 46.9 Å². The maximum absolute atomic E-state index is 5.30. The van der Waals surface area contributed by atoms with Gasteiger partial charge in [0.15, 0.2) is 0 Å². The molecule has 0 aromatic heterocycles. The fraction of sp³-hybridized carbons (Fsp3) is 1.00. The molecule has 1 aliphatic heterocycles. The highest BCUT2D eigenvalue weighted by Crippen LogP contribution is 2.10. The van der Waals surface area contributed by atoms with Gasteiger partial charge in [-0.3, -0.25) is 0 Å². The Hall–Kier alpha value is -0.120. The molecule has 0 aromatic carbocycles. The molecular formula is C10H22N2O. The maximum Gasteiger partial charge on any atom is 0.0507 e. The highest BCUT2D eigenvalue weighted by Gasteiger charge is 2.14. The molecular weight excluding hydrogens is 164 g/mol. The Morgan fingerprint density at radius 2 is 2.31 bits per heavy atom. The van der Waals surface area contributed by atoms with Gasteiger partial charge in [0.25, 0.3) is 0 Å². The van der Waals surface area contributed by atoms with E-state index >= 15 is 0 Å². The van der Waals surface area contributed by atoms with Crippen molar-refractivity contribution in [2.24, 2.45) is 5.92 Å². The quantitative estimate of drug-likeness (QED) is 0.614. The zero-order valence-electron chi connectivity index (χ0n) is 8.88. The van der Waals surface area contributed by atoms with Gasteiger partial charge in [-0.05, 0) is 45.9 Å². The highest BCUT2D eigenvalue weighted by atomic mass is 16.5. The molecule has 0 bridgehead atoms. The SMILES string of the molecule is CN(C)CCCNCC1CCOC1. The third-order valence-electron chi connectivity index (χ3n) is 2.42. The molecule has 1 unspecified atom stereocenters. The van der Waals surface area contributed by atoms with Gasteiger partial charge in [-0.1, -0.05) is 0 Å². The molecule has 1 fully saturated rings. The van der Waals surface area contributed by atoms with Crippen LogP contribution in [0.15, 0.2) is 0 Å². The van der Waals surface area contributed by atoms with Crippen LogP contribution in [0.3, 0.4) is 0 Å². The van der Waals surface area contributed by atoms with Gasteiger partial charge in [0, 0.05) is 13.2 Å². The molecule has 0 spiro atoms. The Bertz CT molecular complexity index is 122. The van der Waals surface area contributed by atoms with Gasteiger partial charge in [-0.25, -0.2) is 0 Å². The van der Waals surface area contributed by atoms with Crippen LogP contribution in [0.4, 0.5) is 0 Å². The van der Waals surface area contributed by atoms with E-state index in [0.29, 0.717) is 0 Å². The first-order valence-electron chi connectivity index (χ1n) is 5.22. The van der Waals surface area contributed by atoms with E-state index in [9.17, 15) is 0 Å². The minimum absolute atomic E-state index is 0.763. The molecule has 13 heavy (non-hydrogen) atoms. The lowest BCUT2D eigenvalue weighted by Crippen LogP contribution is -2.26. The number of nitrogens with zero attached hydrogens (tertiary/aromatic N) is 1. The second kappa shape index (κ2) is 6.35. The zero-order chi connectivity index (χ0) is 9.52. The van der Waals surface area contributed by atoms with E-state index in [1.807, 2.05) is 0 Å². The summed E-state index contributed by atoms with van der Waals surface area (Å²) in [7, 11) is 4.23. The Morgan fingerprint density at radius 1 is 1.46 bits per heavy atom. The summed E-state index contributed by atoms with van der Waals surface area (Å²) in [5.74, 6) is 0.763. The van der Waals surface area contributed by atoms with Crippen molar-refractivity contribution in [3.63, 3.8) is 0 Å². The van der Waals surface area contributed by atoms with Gasteiger partial charge in [0.2, 0.25) is 0 Å². The van der Waals surface area contributed by atoms with E-state index in [2.05, 4.69) is 24.3 Å². The van der Waals surface area contributed by atoms with Crippen LogP contribution in [0.2, 0.25) is 0 Å². The zero-order valence-corrected chi connectivity index (χ0v) is 8.88. The van der Waals surface area contributed by atoms with Crippen molar-refractivity contribution in [3.8, 4) is 0 Å². The lowest BCUT2D eigenvalue weighted by Gasteiger charge is -2.11. The number of hydrogen-bond donors (Lipinski definition) is 1. The van der Waals surface area contributed by atoms with Crippen molar-refractivity contribution >= 4 is 0 Å². The fourth-order valence-corrected chi connectivity index (χ4v) is 1.57. The smallest absolute Gasteiger partial charge is 0.0507 e. The molecule has 0 radical (unpaired) electrons. The summed E-state index contributed by atoms with van der Waals surface area (Å²) >= 11 is 0. The van der Waals surface area contributed by atoms with Crippen LogP contribution in [0.25, 0.3) is 0 Å². The Kier molecular flexibility index (Phi) is 5.35. The number of ether oxygens (including phenoxy) is 1. The van der Waals surface area contributed by atoms with Gasteiger partial charge in [0.1, 0.15) is 0 Å². The minimum atomic E-state index is 0.763. The first-order valence-corrected chi connectivity index (χ1v) is 5.22. The Morgan fingerprint density at radius 3 is 2.92 bits per heavy atom. The summed E-state index contributed by atoms with van der Waals surface area (Å²) in [5.41, 5.74) is 0. The number of nitrogens with one attached hydrogen (secondary N) is 1. The van der Waals surface area contributed by atoms with Crippen LogP contribution >= 0.6 is 0 Å². The standard InChI is InChI=1S/C10H22N2O/c1-12(2)6-3-5-11-8-10-4-7-13-9-10/h10-11H,3-9H2,1-2H3. The monoisotopic (exact) mass is 186 g/mol. The topological polar surface area (TPSA) is 24.5 Å². The third kappa shape index (κ3) is 5.24. The molecule has 3 heteroatoms. The summed E-state index contributed by atoms with van der Waals surface area (Å²) in [6.07, 6.45) is 2.47. The lowest BCUT2D eigenvalue weighted by atomic mass is 10.1. The van der Waals surface area contributed by atoms with Crippen LogP contribution in [-0.4, -0.2) is 51.8 Å². The number of hydrogen-bond acceptors (Lipinski definition) is 3. The average Bonchev–Trinajstić information content (AvgIpc) is 2.55. The van der Waals surface area contributed by atoms with E-state index in [4.69, 9.17) is 4.74 Å². The van der Waals surface area contributed by atoms with Gasteiger partial charge in [-0.15, -0.1) is 0 Å². The van der Waals surface area contributed by atoms with Crippen molar-refractivity contribution in [1.82, 2.24) is 10.2 Å². The van der Waals surface area contributed by atoms with Crippen molar-refractivity contribution in [1.29, 1.82) is 0 Å². The molecule has 1 aliphatic rings. The van der Waals surface area contributed by atoms with Gasteiger partial charge < -0.3 is 15.0 Å². The van der Waals surface area contributed by atoms with E-state index in [1.165, 1.54) is 19.4 Å². The first kappa shape index (κ1) is 11.0. The van der Waals surface area contributed by atoms with E-state index in [-0.39, 0.29) is 0 Å². The molecule has 1 heterocycles. The summed E-state index contributed by atoms with van der Waals surface area (Å²) < 4.78 is 5.30. The van der Waals surface area contributed by atoms with Gasteiger partial charge >= 0.3 is 0 Å². The van der Waals surface area contributed by atoms with Crippen LogP contribution in [0, 0.1) is 5.92 Å². The Balaban J connectivity index is 1.83. The van der Waals surface area contributed by atoms with Crippen LogP contribution < -0.4 is 5.32 Å². The van der Waals surface area contributed by atoms with Crippen molar-refractivity contribution in [3.05, 3.63) is 0 Å². The largest absolute Gasteiger partial charge is 0.381 e. The van der Waals surface area contributed by atoms with Crippen molar-refractivity contribution < 1.29 is 4.74 Å². The maximum atomic E-state index is 5.30. The average molecular weight is 186 g/mol. The molecule has 1 rings (SSSR count). The van der Waals surface area contributed by atoms with E-state index in [0.717, 1.165) is 32.2 Å². The predicted molar refractivity (Wildman–Crippen MR) is 55.0 cm³/mol. The van der Waals surface area contributed by atoms with Crippen LogP contribution in [-0.2, 0) is 4.74 Å². The molecule has 0 aromatic rings. The summed E-state index contributed by atoms with van der Waals surface area (Å²) in [5, 5.41) is 3.48. The van der Waals surface area contributed by atoms with Gasteiger partial charge in [0.05, 0.1) is 6.61 Å². The molecule has 0 saturated carbocycles. The normalized spacial score (nSPS) is 22.8. The predicted octanol–water partition coefficient (Wildman–Crippen LogP) is 0.564.